The number of carbonyl (C=O) groups excluding carboxylic acids is 5. The maximum absolute atomic E-state index is 13.6. The fourth-order valence-electron chi connectivity index (χ4n) is 8.72. The van der Waals surface area contributed by atoms with Gasteiger partial charge >= 0.3 is 12.2 Å². The average molecular weight is 862 g/mol. The molecule has 6 amide bonds. The van der Waals surface area contributed by atoms with Gasteiger partial charge in [-0.15, -0.1) is 12.4 Å². The lowest BCUT2D eigenvalue weighted by atomic mass is 9.81. The van der Waals surface area contributed by atoms with Crippen molar-refractivity contribution in [2.45, 2.75) is 120 Å². The average Bonchev–Trinajstić information content (AvgIpc) is 3.32. The third-order valence-corrected chi connectivity index (χ3v) is 12.6. The van der Waals surface area contributed by atoms with Gasteiger partial charge in [-0.1, -0.05) is 6.07 Å². The van der Waals surface area contributed by atoms with E-state index in [-0.39, 0.29) is 66.1 Å². The fourth-order valence-corrected chi connectivity index (χ4v) is 9.67. The monoisotopic (exact) mass is 861 g/mol. The molecule has 1 unspecified atom stereocenters. The molecular weight excluding hydrogens is 811 g/mol. The molecule has 1 aliphatic carbocycles. The molecule has 1 aromatic heterocycles. The molecule has 4 aliphatic rings. The second-order valence-electron chi connectivity index (χ2n) is 16.3. The molecular formula is C40H51ClF3N9O5S. The summed E-state index contributed by atoms with van der Waals surface area (Å²) in [5, 5.41) is 17.5. The Labute approximate surface area is 352 Å². The Balaban J connectivity index is 0.00000661. The van der Waals surface area contributed by atoms with Gasteiger partial charge in [-0.2, -0.15) is 22.7 Å². The van der Waals surface area contributed by atoms with Crippen molar-refractivity contribution in [3.8, 4) is 6.07 Å². The van der Waals surface area contributed by atoms with Crippen molar-refractivity contribution in [2.24, 2.45) is 5.92 Å². The number of carbonyl (C=O) groups is 5. The van der Waals surface area contributed by atoms with Crippen LogP contribution in [0.15, 0.2) is 41.4 Å². The summed E-state index contributed by atoms with van der Waals surface area (Å²) in [6.07, 6.45) is 2.19. The fraction of sp³-hybridized carbons (Fsp3) is 0.575. The number of piperazine rings is 1. The molecule has 0 bridgehead atoms. The van der Waals surface area contributed by atoms with Gasteiger partial charge in [0.15, 0.2) is 5.69 Å². The standard InChI is InChI=1S/C40H50F3N9O5S.ClH/c1-24-21-49(22-25(2)50(24)23-35(54)47-28-9-5-8-27(17-28)46-32-14-15-34(53)48-36(32)55)16-6-7-26-10-12-29(13-11-26)51-38(57)52(37(56)39(51,3)4)58-30-18-31(40(41,42)43)33(19-44)45-20-30;/h5,8-9,17-18,20,24-26,29,32,46H,6-7,10-16,21-23H2,1-4H3,(H,47,54)(H,48,53,55);1H/t24-,25+,26?,29?,32?;. The number of pyridine rings is 1. The summed E-state index contributed by atoms with van der Waals surface area (Å²) < 4.78 is 41.5. The molecule has 3 saturated heterocycles. The quantitative estimate of drug-likeness (QED) is 0.129. The van der Waals surface area contributed by atoms with E-state index in [4.69, 9.17) is 5.26 Å². The van der Waals surface area contributed by atoms with Crippen LogP contribution >= 0.6 is 24.4 Å². The van der Waals surface area contributed by atoms with E-state index in [1.54, 1.807) is 36.9 Å². The van der Waals surface area contributed by atoms with Crippen LogP contribution in [0, 0.1) is 17.2 Å². The number of hydrogen-bond acceptors (Lipinski definition) is 11. The zero-order valence-electron chi connectivity index (χ0n) is 33.5. The minimum absolute atomic E-state index is 0. The van der Waals surface area contributed by atoms with E-state index in [0.29, 0.717) is 35.7 Å². The maximum Gasteiger partial charge on any atom is 0.419 e. The van der Waals surface area contributed by atoms with Gasteiger partial charge in [0.05, 0.1) is 12.1 Å². The molecule has 1 aromatic carbocycles. The van der Waals surface area contributed by atoms with Crippen molar-refractivity contribution in [2.75, 3.05) is 36.8 Å². The predicted octanol–water partition coefficient (Wildman–Crippen LogP) is 6.03. The maximum atomic E-state index is 13.6. The number of alkyl halides is 3. The number of nitrogens with zero attached hydrogens (tertiary/aromatic N) is 6. The van der Waals surface area contributed by atoms with Gasteiger partial charge < -0.3 is 20.4 Å². The lowest BCUT2D eigenvalue weighted by Crippen LogP contribution is -2.58. The minimum Gasteiger partial charge on any atom is -0.374 e. The molecule has 4 fully saturated rings. The summed E-state index contributed by atoms with van der Waals surface area (Å²) in [5.41, 5.74) is -1.88. The molecule has 2 aromatic rings. The number of amides is 6. The van der Waals surface area contributed by atoms with Crippen molar-refractivity contribution >= 4 is 65.4 Å². The number of hydrogen-bond donors (Lipinski definition) is 3. The van der Waals surface area contributed by atoms with Crippen LogP contribution in [0.4, 0.5) is 29.3 Å². The number of imide groups is 2. The first-order chi connectivity index (χ1) is 27.4. The summed E-state index contributed by atoms with van der Waals surface area (Å²) >= 11 is 0.594. The summed E-state index contributed by atoms with van der Waals surface area (Å²) in [5.74, 6) is -0.807. The highest BCUT2D eigenvalue weighted by atomic mass is 35.5. The Hall–Kier alpha value is -4.44. The van der Waals surface area contributed by atoms with Gasteiger partial charge in [0.2, 0.25) is 17.7 Å². The second-order valence-corrected chi connectivity index (χ2v) is 17.3. The predicted molar refractivity (Wildman–Crippen MR) is 217 cm³/mol. The Morgan fingerprint density at radius 3 is 2.36 bits per heavy atom. The van der Waals surface area contributed by atoms with Gasteiger partial charge in [0.25, 0.3) is 5.91 Å². The Morgan fingerprint density at radius 1 is 1.03 bits per heavy atom. The first-order valence-corrected chi connectivity index (χ1v) is 20.5. The highest BCUT2D eigenvalue weighted by molar-refractivity contribution is 7.98. The largest absolute Gasteiger partial charge is 0.419 e. The molecule has 14 nitrogen and oxygen atoms in total. The van der Waals surface area contributed by atoms with E-state index in [1.165, 1.54) is 6.07 Å². The number of aromatic nitrogens is 1. The van der Waals surface area contributed by atoms with Crippen molar-refractivity contribution < 1.29 is 37.1 Å². The Kier molecular flexibility index (Phi) is 14.6. The number of benzene rings is 1. The highest BCUT2D eigenvalue weighted by Gasteiger charge is 2.54. The van der Waals surface area contributed by atoms with Crippen molar-refractivity contribution in [1.29, 1.82) is 5.26 Å². The van der Waals surface area contributed by atoms with E-state index in [9.17, 15) is 37.1 Å². The SMILES string of the molecule is C[C@@H]1CN(CCCC2CCC(N3C(=O)N(Sc4cnc(C#N)c(C(F)(F)F)c4)C(=O)C3(C)C)CC2)C[C@H](C)N1CC(=O)Nc1cccc(NC2CCC(=O)NC2=O)c1.Cl. The second kappa shape index (κ2) is 18.9. The van der Waals surface area contributed by atoms with Crippen LogP contribution in [0.5, 0.6) is 0 Å². The van der Waals surface area contributed by atoms with Crippen LogP contribution in [-0.2, 0) is 25.4 Å². The summed E-state index contributed by atoms with van der Waals surface area (Å²) in [7, 11) is 0. The highest BCUT2D eigenvalue weighted by Crippen LogP contribution is 2.42. The zero-order chi connectivity index (χ0) is 41.9. The number of halogens is 4. The molecule has 1 saturated carbocycles. The number of nitrogens with one attached hydrogen (secondary N) is 3. The lowest BCUT2D eigenvalue weighted by Gasteiger charge is -2.44. The molecule has 4 heterocycles. The van der Waals surface area contributed by atoms with Crippen LogP contribution in [0.1, 0.15) is 90.3 Å². The third kappa shape index (κ3) is 10.7. The minimum atomic E-state index is -4.82. The smallest absolute Gasteiger partial charge is 0.374 e. The van der Waals surface area contributed by atoms with E-state index in [0.717, 1.165) is 74.7 Å². The molecule has 3 N–H and O–H groups in total. The van der Waals surface area contributed by atoms with E-state index >= 15 is 0 Å². The van der Waals surface area contributed by atoms with Crippen molar-refractivity contribution in [3.05, 3.63) is 47.8 Å². The number of rotatable bonds is 12. The molecule has 19 heteroatoms. The Morgan fingerprint density at radius 2 is 1.71 bits per heavy atom. The molecule has 59 heavy (non-hydrogen) atoms. The van der Waals surface area contributed by atoms with E-state index in [2.05, 4.69) is 44.6 Å². The molecule has 3 aliphatic heterocycles. The number of piperidine rings is 1. The van der Waals surface area contributed by atoms with Gasteiger partial charge in [-0.25, -0.2) is 9.78 Å². The topological polar surface area (TPSA) is 171 Å². The van der Waals surface area contributed by atoms with Gasteiger partial charge in [-0.3, -0.25) is 29.4 Å². The molecule has 3 atom stereocenters. The number of anilines is 2. The van der Waals surface area contributed by atoms with Crippen molar-refractivity contribution in [3.63, 3.8) is 0 Å². The first-order valence-electron chi connectivity index (χ1n) is 19.8. The van der Waals surface area contributed by atoms with Crippen molar-refractivity contribution in [1.82, 2.24) is 29.3 Å². The normalized spacial score (nSPS) is 25.3. The van der Waals surface area contributed by atoms with Crippen LogP contribution in [0.2, 0.25) is 0 Å². The van der Waals surface area contributed by atoms with Gasteiger partial charge in [0, 0.05) is 72.1 Å². The third-order valence-electron chi connectivity index (χ3n) is 11.7. The molecule has 0 radical (unpaired) electrons. The van der Waals surface area contributed by atoms with Crippen LogP contribution in [0.3, 0.4) is 0 Å². The van der Waals surface area contributed by atoms with Gasteiger partial charge in [0.1, 0.15) is 17.6 Å². The summed E-state index contributed by atoms with van der Waals surface area (Å²) in [6.45, 7) is 10.4. The lowest BCUT2D eigenvalue weighted by molar-refractivity contribution is -0.138. The number of urea groups is 1. The van der Waals surface area contributed by atoms with Crippen LogP contribution in [-0.4, -0.2) is 110 Å². The molecule has 0 spiro atoms. The Bertz CT molecular complexity index is 1950. The van der Waals surface area contributed by atoms with Crippen LogP contribution < -0.4 is 16.0 Å². The van der Waals surface area contributed by atoms with Crippen LogP contribution in [0.25, 0.3) is 0 Å². The summed E-state index contributed by atoms with van der Waals surface area (Å²) in [4.78, 5) is 73.6. The molecule has 6 rings (SSSR count). The van der Waals surface area contributed by atoms with E-state index in [1.807, 2.05) is 6.07 Å². The zero-order valence-corrected chi connectivity index (χ0v) is 35.1. The summed E-state index contributed by atoms with van der Waals surface area (Å²) in [6, 6.07) is 8.43. The van der Waals surface area contributed by atoms with Gasteiger partial charge in [-0.05, 0) is 109 Å². The van der Waals surface area contributed by atoms with E-state index < -0.39 is 41.0 Å². The number of nitriles is 1. The molecule has 320 valence electrons. The first kappa shape index (κ1) is 45.6.